The normalized spacial score (nSPS) is 24.5. The van der Waals surface area contributed by atoms with Crippen molar-refractivity contribution in [2.24, 2.45) is 5.92 Å². The van der Waals surface area contributed by atoms with Gasteiger partial charge >= 0.3 is 0 Å². The Morgan fingerprint density at radius 1 is 1.39 bits per heavy atom. The summed E-state index contributed by atoms with van der Waals surface area (Å²) in [7, 11) is 0. The molecule has 2 N–H and O–H groups in total. The van der Waals surface area contributed by atoms with Gasteiger partial charge in [0.1, 0.15) is 12.0 Å². The summed E-state index contributed by atoms with van der Waals surface area (Å²) in [6.45, 7) is 6.55. The van der Waals surface area contributed by atoms with Crippen molar-refractivity contribution in [3.63, 3.8) is 0 Å². The van der Waals surface area contributed by atoms with Gasteiger partial charge in [-0.3, -0.25) is 14.9 Å². The van der Waals surface area contributed by atoms with Gasteiger partial charge in [0.05, 0.1) is 11.6 Å². The first kappa shape index (κ1) is 15.3. The maximum atomic E-state index is 12.0. The van der Waals surface area contributed by atoms with Crippen LogP contribution in [0.25, 0.3) is 5.57 Å². The lowest BCUT2D eigenvalue weighted by molar-refractivity contribution is -0.126. The fourth-order valence-electron chi connectivity index (χ4n) is 3.27. The molecule has 5 heteroatoms. The van der Waals surface area contributed by atoms with Crippen LogP contribution in [0.15, 0.2) is 41.6 Å². The summed E-state index contributed by atoms with van der Waals surface area (Å²) in [6, 6.07) is 0. The lowest BCUT2D eigenvalue weighted by Gasteiger charge is -2.26. The van der Waals surface area contributed by atoms with Crippen LogP contribution in [0.1, 0.15) is 37.0 Å². The Morgan fingerprint density at radius 2 is 2.22 bits per heavy atom. The first-order chi connectivity index (χ1) is 11.2. The molecule has 1 aromatic heterocycles. The smallest absolute Gasteiger partial charge is 0.230 e. The highest BCUT2D eigenvalue weighted by molar-refractivity contribution is 6.04. The molecule has 0 saturated carbocycles. The number of amides is 2. The number of fused-ring (bicyclic) bond motifs is 1. The second-order valence-corrected chi connectivity index (χ2v) is 5.79. The number of hydrogen-bond donors (Lipinski definition) is 2. The van der Waals surface area contributed by atoms with Crippen LogP contribution in [-0.2, 0) is 9.59 Å². The number of anilines is 1. The van der Waals surface area contributed by atoms with Gasteiger partial charge in [-0.1, -0.05) is 30.9 Å². The van der Waals surface area contributed by atoms with Crippen molar-refractivity contribution in [2.75, 3.05) is 11.9 Å². The largest absolute Gasteiger partial charge is 0.466 e. The molecule has 2 unspecified atom stereocenters. The summed E-state index contributed by atoms with van der Waals surface area (Å²) in [5.41, 5.74) is 2.79. The number of hydrogen-bond acceptors (Lipinski definition) is 4. The number of rotatable bonds is 4. The van der Waals surface area contributed by atoms with E-state index in [1.807, 2.05) is 25.2 Å². The topological polar surface area (TPSA) is 71.3 Å². The van der Waals surface area contributed by atoms with Crippen molar-refractivity contribution in [1.29, 1.82) is 0 Å². The van der Waals surface area contributed by atoms with E-state index in [0.29, 0.717) is 0 Å². The molecule has 2 aliphatic heterocycles. The number of carbonyl (C=O) groups excluding carboxylic acids is 2. The lowest BCUT2D eigenvalue weighted by Crippen LogP contribution is -2.28. The highest BCUT2D eigenvalue weighted by atomic mass is 16.3. The molecule has 0 aliphatic carbocycles. The summed E-state index contributed by atoms with van der Waals surface area (Å²) in [4.78, 5) is 23.5. The van der Waals surface area contributed by atoms with Crippen molar-refractivity contribution < 1.29 is 14.0 Å². The Kier molecular flexibility index (Phi) is 4.19. The van der Waals surface area contributed by atoms with Gasteiger partial charge in [0.2, 0.25) is 11.8 Å². The Morgan fingerprint density at radius 3 is 2.87 bits per heavy atom. The van der Waals surface area contributed by atoms with E-state index in [1.165, 1.54) is 0 Å². The van der Waals surface area contributed by atoms with E-state index >= 15 is 0 Å². The summed E-state index contributed by atoms with van der Waals surface area (Å²) in [5, 5.41) is 5.75. The maximum absolute atomic E-state index is 12.0. The summed E-state index contributed by atoms with van der Waals surface area (Å²) < 4.78 is 5.79. The molecule has 1 saturated heterocycles. The van der Waals surface area contributed by atoms with E-state index in [4.69, 9.17) is 4.42 Å². The van der Waals surface area contributed by atoms with Gasteiger partial charge in [-0.15, -0.1) is 0 Å². The Hall–Kier alpha value is -2.56. The molecular formula is C18H20N2O3. The number of imide groups is 1. The van der Waals surface area contributed by atoms with E-state index < -0.39 is 0 Å². The van der Waals surface area contributed by atoms with Crippen molar-refractivity contribution >= 4 is 23.1 Å². The minimum absolute atomic E-state index is 0.0702. The van der Waals surface area contributed by atoms with Crippen LogP contribution >= 0.6 is 0 Å². The fraction of sp³-hybridized carbons (Fsp3) is 0.333. The average Bonchev–Trinajstić information content (AvgIpc) is 3.11. The molecule has 23 heavy (non-hydrogen) atoms. The van der Waals surface area contributed by atoms with Gasteiger partial charge in [-0.2, -0.15) is 0 Å². The standard InChI is InChI=1S/C18H20N2O3/c1-3-5-6-11(4-2)14-10-23-17-12(7-8-19-16(14)17)13-9-15(21)20-18(13)22/h3-6,10,12-13,19H,2,7-9H2,1H3,(H,20,21,22)/b5-3-,11-6+. The van der Waals surface area contributed by atoms with Gasteiger partial charge in [-0.25, -0.2) is 0 Å². The zero-order valence-electron chi connectivity index (χ0n) is 13.1. The second kappa shape index (κ2) is 6.28. The average molecular weight is 312 g/mol. The molecule has 0 radical (unpaired) electrons. The fourth-order valence-corrected chi connectivity index (χ4v) is 3.27. The molecular weight excluding hydrogens is 292 g/mol. The minimum atomic E-state index is -0.339. The third-order valence-corrected chi connectivity index (χ3v) is 4.40. The minimum Gasteiger partial charge on any atom is -0.466 e. The van der Waals surface area contributed by atoms with Crippen LogP contribution in [0.3, 0.4) is 0 Å². The van der Waals surface area contributed by atoms with Gasteiger partial charge in [0.25, 0.3) is 0 Å². The zero-order valence-corrected chi connectivity index (χ0v) is 13.1. The molecule has 0 aromatic carbocycles. The molecule has 3 heterocycles. The number of nitrogens with one attached hydrogen (secondary N) is 2. The van der Waals surface area contributed by atoms with Crippen LogP contribution in [-0.4, -0.2) is 18.4 Å². The third kappa shape index (κ3) is 2.74. The first-order valence-corrected chi connectivity index (χ1v) is 7.80. The molecule has 5 nitrogen and oxygen atoms in total. The molecule has 120 valence electrons. The highest BCUT2D eigenvalue weighted by Crippen LogP contribution is 2.44. The van der Waals surface area contributed by atoms with E-state index in [2.05, 4.69) is 17.2 Å². The molecule has 0 bridgehead atoms. The van der Waals surface area contributed by atoms with E-state index in [1.54, 1.807) is 12.3 Å². The molecule has 1 aromatic rings. The van der Waals surface area contributed by atoms with Gasteiger partial charge in [-0.05, 0) is 18.9 Å². The van der Waals surface area contributed by atoms with E-state index in [-0.39, 0.29) is 30.1 Å². The van der Waals surface area contributed by atoms with E-state index in [0.717, 1.165) is 35.5 Å². The molecule has 2 atom stereocenters. The van der Waals surface area contributed by atoms with Crippen molar-refractivity contribution in [3.05, 3.63) is 48.5 Å². The summed E-state index contributed by atoms with van der Waals surface area (Å²) >= 11 is 0. The lowest BCUT2D eigenvalue weighted by atomic mass is 9.83. The number of furan rings is 1. The SMILES string of the molecule is C=C/C(=C\C=C/C)c1coc2c1NCCC2C1CC(=O)NC1=O. The maximum Gasteiger partial charge on any atom is 0.230 e. The van der Waals surface area contributed by atoms with Crippen LogP contribution in [0.5, 0.6) is 0 Å². The van der Waals surface area contributed by atoms with E-state index in [9.17, 15) is 9.59 Å². The molecule has 2 aliphatic rings. The molecule has 2 amide bonds. The number of carbonyl (C=O) groups is 2. The summed E-state index contributed by atoms with van der Waals surface area (Å²) in [5.74, 6) is -0.0477. The third-order valence-electron chi connectivity index (χ3n) is 4.40. The van der Waals surface area contributed by atoms with Crippen LogP contribution in [0.2, 0.25) is 0 Å². The quantitative estimate of drug-likeness (QED) is 0.662. The highest BCUT2D eigenvalue weighted by Gasteiger charge is 2.41. The van der Waals surface area contributed by atoms with Gasteiger partial charge in [0, 0.05) is 24.4 Å². The van der Waals surface area contributed by atoms with Gasteiger partial charge < -0.3 is 9.73 Å². The monoisotopic (exact) mass is 312 g/mol. The number of allylic oxidation sites excluding steroid dienone is 5. The summed E-state index contributed by atoms with van der Waals surface area (Å²) in [6.07, 6.45) is 10.3. The Balaban J connectivity index is 1.97. The van der Waals surface area contributed by atoms with Crippen molar-refractivity contribution in [1.82, 2.24) is 5.32 Å². The van der Waals surface area contributed by atoms with Gasteiger partial charge in [0.15, 0.2) is 0 Å². The van der Waals surface area contributed by atoms with Crippen LogP contribution < -0.4 is 10.6 Å². The van der Waals surface area contributed by atoms with Crippen molar-refractivity contribution in [3.8, 4) is 0 Å². The molecule has 3 rings (SSSR count). The Labute approximate surface area is 135 Å². The predicted octanol–water partition coefficient (Wildman–Crippen LogP) is 2.99. The van der Waals surface area contributed by atoms with Crippen molar-refractivity contribution in [2.45, 2.75) is 25.7 Å². The Bertz CT molecular complexity index is 712. The second-order valence-electron chi connectivity index (χ2n) is 5.79. The molecule has 1 fully saturated rings. The molecule has 0 spiro atoms. The zero-order chi connectivity index (χ0) is 16.4. The predicted molar refractivity (Wildman–Crippen MR) is 88.8 cm³/mol. The van der Waals surface area contributed by atoms with Crippen LogP contribution in [0.4, 0.5) is 5.69 Å². The first-order valence-electron chi connectivity index (χ1n) is 7.80. The van der Waals surface area contributed by atoms with Crippen LogP contribution in [0, 0.1) is 5.92 Å².